The highest BCUT2D eigenvalue weighted by Crippen LogP contribution is 2.51. The van der Waals surface area contributed by atoms with E-state index in [1.165, 1.54) is 11.1 Å². The second kappa shape index (κ2) is 22.5. The number of nitrogens with two attached hydrogens (primary N) is 2. The largest absolute Gasteiger partial charge is 0.481 e. The molecule has 322 valence electrons. The van der Waals surface area contributed by atoms with Crippen molar-refractivity contribution in [2.24, 2.45) is 23.3 Å². The Bertz CT molecular complexity index is 2120. The number of halogens is 1. The van der Waals surface area contributed by atoms with E-state index in [1.807, 2.05) is 123 Å². The summed E-state index contributed by atoms with van der Waals surface area (Å²) in [5.74, 6) is -1.29. The normalized spacial score (nSPS) is 21.7. The molecule has 0 aromatic heterocycles. The number of carboxylic acid groups (broad SMARTS) is 1. The number of amides is 2. The second-order valence-corrected chi connectivity index (χ2v) is 17.0. The van der Waals surface area contributed by atoms with E-state index in [9.17, 15) is 14.4 Å². The molecule has 7 N–H and O–H groups in total. The molecule has 9 heteroatoms. The maximum Gasteiger partial charge on any atom is 0.310 e. The number of primary amides is 2. The number of benzene rings is 5. The summed E-state index contributed by atoms with van der Waals surface area (Å²) in [5, 5.41) is 16.7. The maximum atomic E-state index is 12.5. The lowest BCUT2D eigenvalue weighted by Crippen LogP contribution is -2.53. The third kappa shape index (κ3) is 11.2. The summed E-state index contributed by atoms with van der Waals surface area (Å²) < 4.78 is 0. The number of carboxylic acids is 1. The molecule has 5 aromatic rings. The predicted molar refractivity (Wildman–Crippen MR) is 248 cm³/mol. The molecule has 2 heterocycles. The molecule has 0 bridgehead atoms. The van der Waals surface area contributed by atoms with Gasteiger partial charge in [0.2, 0.25) is 11.8 Å². The Morgan fingerprint density at radius 3 is 1.87 bits per heavy atom. The first kappa shape index (κ1) is 46.8. The second-order valence-electron chi connectivity index (χ2n) is 16.6. The molecule has 0 radical (unpaired) electrons. The molecule has 0 spiro atoms. The van der Waals surface area contributed by atoms with Crippen molar-refractivity contribution in [2.45, 2.75) is 81.5 Å². The van der Waals surface area contributed by atoms with E-state index in [4.69, 9.17) is 28.2 Å². The van der Waals surface area contributed by atoms with Gasteiger partial charge in [-0.1, -0.05) is 178 Å². The van der Waals surface area contributed by atoms with Crippen LogP contribution in [0.1, 0.15) is 98.4 Å². The number of carbonyl (C=O) groups excluding carboxylic acids is 2. The van der Waals surface area contributed by atoms with Crippen LogP contribution in [-0.4, -0.2) is 49.1 Å². The van der Waals surface area contributed by atoms with Gasteiger partial charge in [0.05, 0.1) is 11.3 Å². The average Bonchev–Trinajstić information content (AvgIpc) is 3.30. The molecule has 8 nitrogen and oxygen atoms in total. The lowest BCUT2D eigenvalue weighted by molar-refractivity contribution is -0.139. The van der Waals surface area contributed by atoms with Gasteiger partial charge in [-0.3, -0.25) is 14.4 Å². The van der Waals surface area contributed by atoms with Gasteiger partial charge in [-0.2, -0.15) is 0 Å². The Kier molecular flexibility index (Phi) is 17.3. The predicted octanol–water partition coefficient (Wildman–Crippen LogP) is 9.34. The van der Waals surface area contributed by atoms with E-state index < -0.39 is 16.8 Å². The fourth-order valence-electron chi connectivity index (χ4n) is 9.61. The van der Waals surface area contributed by atoms with Crippen LogP contribution >= 0.6 is 11.6 Å². The molecule has 0 aliphatic carbocycles. The molecule has 2 aliphatic heterocycles. The summed E-state index contributed by atoms with van der Waals surface area (Å²) in [7, 11) is 0. The molecule has 2 amide bonds. The van der Waals surface area contributed by atoms with Crippen LogP contribution in [0.15, 0.2) is 146 Å². The van der Waals surface area contributed by atoms with Crippen LogP contribution in [0.25, 0.3) is 0 Å². The standard InChI is InChI=1S/C20H23ClN2O.C20H24N2O.C12H16O2/c1-14(19(22)24)20(16-9-5-6-10-18(16)21)11-12-23-13-17(20)15-7-3-2-4-8-15;1-20(19(21)23,16-10-6-3-7-11-16)18-12-13-22-14-17(18)15-8-4-2-5-9-15;1-2-3-9-11(12(13)14)10-7-5-4-6-8-10/h2-10,14,17,23H,11-13H2,1H3,(H2,22,24);2-11,17-18,22H,12-14H2,1H3,(H2,21,23);4-8,11H,2-3,9H2,1H3,(H,13,14). The number of hydrogen-bond donors (Lipinski definition) is 5. The van der Waals surface area contributed by atoms with E-state index >= 15 is 0 Å². The average molecular weight is 844 g/mol. The van der Waals surface area contributed by atoms with Crippen molar-refractivity contribution < 1.29 is 19.5 Å². The number of nitrogens with one attached hydrogen (secondary N) is 2. The first-order valence-electron chi connectivity index (χ1n) is 21.7. The van der Waals surface area contributed by atoms with Gasteiger partial charge in [0.25, 0.3) is 0 Å². The summed E-state index contributed by atoms with van der Waals surface area (Å²) in [6.07, 6.45) is 4.49. The Morgan fingerprint density at radius 2 is 1.31 bits per heavy atom. The minimum atomic E-state index is -0.718. The molecule has 2 saturated heterocycles. The number of carbonyl (C=O) groups is 3. The fraction of sp³-hybridized carbons (Fsp3) is 0.365. The van der Waals surface area contributed by atoms with E-state index in [0.29, 0.717) is 5.02 Å². The highest BCUT2D eigenvalue weighted by molar-refractivity contribution is 6.31. The van der Waals surface area contributed by atoms with Gasteiger partial charge < -0.3 is 27.2 Å². The van der Waals surface area contributed by atoms with E-state index in [-0.39, 0.29) is 41.4 Å². The van der Waals surface area contributed by atoms with Gasteiger partial charge in [-0.05, 0) is 79.1 Å². The van der Waals surface area contributed by atoms with Crippen molar-refractivity contribution in [3.63, 3.8) is 0 Å². The fourth-order valence-corrected chi connectivity index (χ4v) is 9.93. The summed E-state index contributed by atoms with van der Waals surface area (Å²) in [5.41, 5.74) is 16.0. The van der Waals surface area contributed by atoms with Gasteiger partial charge in [-0.25, -0.2) is 0 Å². The van der Waals surface area contributed by atoms with Crippen LogP contribution < -0.4 is 22.1 Å². The minimum Gasteiger partial charge on any atom is -0.481 e. The van der Waals surface area contributed by atoms with Crippen molar-refractivity contribution in [1.29, 1.82) is 0 Å². The Morgan fingerprint density at radius 1 is 0.770 bits per heavy atom. The summed E-state index contributed by atoms with van der Waals surface area (Å²) in [6.45, 7) is 9.46. The van der Waals surface area contributed by atoms with Gasteiger partial charge in [0.15, 0.2) is 0 Å². The molecular weight excluding hydrogens is 780 g/mol. The minimum absolute atomic E-state index is 0.134. The number of hydrogen-bond acceptors (Lipinski definition) is 5. The Hall–Kier alpha value is -5.28. The smallest absolute Gasteiger partial charge is 0.310 e. The molecule has 7 unspecified atom stereocenters. The highest BCUT2D eigenvalue weighted by Gasteiger charge is 2.50. The Balaban J connectivity index is 0.000000180. The summed E-state index contributed by atoms with van der Waals surface area (Å²) in [6, 6.07) is 48.1. The van der Waals surface area contributed by atoms with Crippen molar-refractivity contribution in [3.8, 4) is 0 Å². The molecule has 7 atom stereocenters. The van der Waals surface area contributed by atoms with E-state index in [0.717, 1.165) is 75.0 Å². The van der Waals surface area contributed by atoms with Crippen molar-refractivity contribution in [2.75, 3.05) is 26.2 Å². The van der Waals surface area contributed by atoms with Crippen LogP contribution in [0, 0.1) is 11.8 Å². The lowest BCUT2D eigenvalue weighted by Gasteiger charge is -2.48. The quantitative estimate of drug-likeness (QED) is 0.0799. The van der Waals surface area contributed by atoms with Crippen LogP contribution in [-0.2, 0) is 25.2 Å². The Labute approximate surface area is 367 Å². The van der Waals surface area contributed by atoms with Crippen molar-refractivity contribution in [1.82, 2.24) is 10.6 Å². The van der Waals surface area contributed by atoms with Gasteiger partial charge in [0.1, 0.15) is 0 Å². The molecule has 0 saturated carbocycles. The summed E-state index contributed by atoms with van der Waals surface area (Å²) in [4.78, 5) is 35.7. The highest BCUT2D eigenvalue weighted by atomic mass is 35.5. The topological polar surface area (TPSA) is 148 Å². The number of aliphatic carboxylic acids is 1. The summed E-state index contributed by atoms with van der Waals surface area (Å²) >= 11 is 6.58. The number of rotatable bonds is 13. The van der Waals surface area contributed by atoms with Crippen molar-refractivity contribution in [3.05, 3.63) is 178 Å². The molecule has 2 aliphatic rings. The van der Waals surface area contributed by atoms with Crippen LogP contribution in [0.3, 0.4) is 0 Å². The lowest BCUT2D eigenvalue weighted by atomic mass is 9.57. The first-order valence-corrected chi connectivity index (χ1v) is 22.0. The zero-order valence-corrected chi connectivity index (χ0v) is 36.6. The van der Waals surface area contributed by atoms with Crippen LogP contribution in [0.4, 0.5) is 0 Å². The van der Waals surface area contributed by atoms with Crippen LogP contribution in [0.2, 0.25) is 5.02 Å². The molecule has 61 heavy (non-hydrogen) atoms. The van der Waals surface area contributed by atoms with Gasteiger partial charge >= 0.3 is 5.97 Å². The molecule has 5 aromatic carbocycles. The zero-order valence-electron chi connectivity index (χ0n) is 35.8. The number of unbranched alkanes of at least 4 members (excludes halogenated alkanes) is 1. The van der Waals surface area contributed by atoms with E-state index in [2.05, 4.69) is 54.0 Å². The monoisotopic (exact) mass is 842 g/mol. The van der Waals surface area contributed by atoms with E-state index in [1.54, 1.807) is 0 Å². The number of piperidine rings is 2. The van der Waals surface area contributed by atoms with Gasteiger partial charge in [0, 0.05) is 41.3 Å². The SMILES string of the molecule is CC(C(N)=O)(c1ccccc1)C1CCNCC1c1ccccc1.CC(C(N)=O)C1(c2ccccc2Cl)CCNCC1c1ccccc1.CCCCC(C(=O)O)c1ccccc1. The third-order valence-electron chi connectivity index (χ3n) is 13.1. The zero-order chi connectivity index (χ0) is 43.8. The third-order valence-corrected chi connectivity index (χ3v) is 13.5. The maximum absolute atomic E-state index is 12.5. The van der Waals surface area contributed by atoms with Gasteiger partial charge in [-0.15, -0.1) is 0 Å². The molecule has 7 rings (SSSR count). The molecular formula is C52H63ClN4O4. The first-order chi connectivity index (χ1) is 29.5. The van der Waals surface area contributed by atoms with Crippen LogP contribution in [0.5, 0.6) is 0 Å². The van der Waals surface area contributed by atoms with Crippen molar-refractivity contribution >= 4 is 29.4 Å². The molecule has 2 fully saturated rings.